The Kier molecular flexibility index (Phi) is 9.15. The summed E-state index contributed by atoms with van der Waals surface area (Å²) >= 11 is 3.03. The summed E-state index contributed by atoms with van der Waals surface area (Å²) in [6.07, 6.45) is 0.727. The van der Waals surface area contributed by atoms with E-state index in [-0.39, 0.29) is 28.8 Å². The van der Waals surface area contributed by atoms with Crippen LogP contribution in [0.2, 0.25) is 0 Å². The standard InChI is InChI=1S/C5H10BrNO.BrH/c1-2-4(7)5(8)3-6;/h4H,2-3,7H2,1H3;1H/t4-;/m0./s1. The molecule has 0 aromatic carbocycles. The SMILES string of the molecule is Br.CC[C@H](N)C(=O)CBr. The van der Waals surface area contributed by atoms with E-state index in [1.807, 2.05) is 6.92 Å². The maximum Gasteiger partial charge on any atom is 0.159 e. The number of hydrogen-bond acceptors (Lipinski definition) is 2. The van der Waals surface area contributed by atoms with Crippen LogP contribution in [0.15, 0.2) is 0 Å². The van der Waals surface area contributed by atoms with Gasteiger partial charge in [0.15, 0.2) is 5.78 Å². The Morgan fingerprint density at radius 2 is 2.22 bits per heavy atom. The molecule has 56 valence electrons. The van der Waals surface area contributed by atoms with E-state index in [1.54, 1.807) is 0 Å². The van der Waals surface area contributed by atoms with Crippen molar-refractivity contribution in [3.8, 4) is 0 Å². The Hall–Kier alpha value is 0.590. The molecule has 0 aliphatic carbocycles. The number of halogens is 2. The number of carbonyl (C=O) groups is 1. The minimum absolute atomic E-state index is 0. The predicted octanol–water partition coefficient (Wildman–Crippen LogP) is 1.27. The second kappa shape index (κ2) is 6.71. The Morgan fingerprint density at radius 3 is 2.33 bits per heavy atom. The average Bonchev–Trinajstić information content (AvgIpc) is 1.84. The molecule has 0 radical (unpaired) electrons. The topological polar surface area (TPSA) is 43.1 Å². The van der Waals surface area contributed by atoms with Gasteiger partial charge in [-0.3, -0.25) is 4.79 Å². The van der Waals surface area contributed by atoms with Crippen molar-refractivity contribution in [2.45, 2.75) is 19.4 Å². The van der Waals surface area contributed by atoms with Crippen LogP contribution in [0.4, 0.5) is 0 Å². The highest BCUT2D eigenvalue weighted by atomic mass is 79.9. The molecule has 4 heteroatoms. The number of Topliss-reactive ketones (excluding diaryl/α,β-unsaturated/α-hetero) is 1. The van der Waals surface area contributed by atoms with Crippen LogP contribution in [0.5, 0.6) is 0 Å². The van der Waals surface area contributed by atoms with Gasteiger partial charge in [-0.25, -0.2) is 0 Å². The lowest BCUT2D eigenvalue weighted by Gasteiger charge is -2.01. The summed E-state index contributed by atoms with van der Waals surface area (Å²) in [4.78, 5) is 10.6. The van der Waals surface area contributed by atoms with Gasteiger partial charge in [-0.1, -0.05) is 22.9 Å². The Morgan fingerprint density at radius 1 is 1.78 bits per heavy atom. The van der Waals surface area contributed by atoms with Gasteiger partial charge >= 0.3 is 0 Å². The smallest absolute Gasteiger partial charge is 0.159 e. The molecule has 0 saturated heterocycles. The fourth-order valence-electron chi connectivity index (χ4n) is 0.327. The van der Waals surface area contributed by atoms with Gasteiger partial charge < -0.3 is 5.73 Å². The lowest BCUT2D eigenvalue weighted by Crippen LogP contribution is -2.30. The molecule has 9 heavy (non-hydrogen) atoms. The van der Waals surface area contributed by atoms with Crippen molar-refractivity contribution in [2.75, 3.05) is 5.33 Å². The minimum Gasteiger partial charge on any atom is -0.321 e. The summed E-state index contributed by atoms with van der Waals surface area (Å²) in [5.74, 6) is 0.0764. The maximum absolute atomic E-state index is 10.6. The van der Waals surface area contributed by atoms with Gasteiger partial charge in [-0.2, -0.15) is 0 Å². The third-order valence-corrected chi connectivity index (χ3v) is 1.54. The van der Waals surface area contributed by atoms with E-state index in [9.17, 15) is 4.79 Å². The first-order chi connectivity index (χ1) is 3.72. The molecule has 0 spiro atoms. The third-order valence-electron chi connectivity index (χ3n) is 0.985. The fraction of sp³-hybridized carbons (Fsp3) is 0.800. The normalized spacial score (nSPS) is 11.9. The van der Waals surface area contributed by atoms with Crippen molar-refractivity contribution >= 4 is 38.7 Å². The van der Waals surface area contributed by atoms with E-state index >= 15 is 0 Å². The third kappa shape index (κ3) is 5.06. The van der Waals surface area contributed by atoms with Crippen molar-refractivity contribution in [3.63, 3.8) is 0 Å². The van der Waals surface area contributed by atoms with E-state index in [4.69, 9.17) is 5.73 Å². The summed E-state index contributed by atoms with van der Waals surface area (Å²) in [5, 5.41) is 0.377. The molecule has 0 bridgehead atoms. The first-order valence-electron chi connectivity index (χ1n) is 2.56. The number of hydrogen-bond donors (Lipinski definition) is 1. The molecule has 2 N–H and O–H groups in total. The summed E-state index contributed by atoms with van der Waals surface area (Å²) in [7, 11) is 0. The van der Waals surface area contributed by atoms with Gasteiger partial charge in [0.05, 0.1) is 11.4 Å². The van der Waals surface area contributed by atoms with E-state index in [0.29, 0.717) is 5.33 Å². The highest BCUT2D eigenvalue weighted by molar-refractivity contribution is 9.09. The molecular weight excluding hydrogens is 250 g/mol. The molecule has 0 fully saturated rings. The zero-order chi connectivity index (χ0) is 6.57. The molecular formula is C5H11Br2NO. The highest BCUT2D eigenvalue weighted by Crippen LogP contribution is 1.91. The summed E-state index contributed by atoms with van der Waals surface area (Å²) in [6, 6.07) is -0.269. The van der Waals surface area contributed by atoms with Crippen LogP contribution in [-0.2, 0) is 4.79 Å². The van der Waals surface area contributed by atoms with E-state index in [0.717, 1.165) is 6.42 Å². The van der Waals surface area contributed by atoms with E-state index in [2.05, 4.69) is 15.9 Å². The van der Waals surface area contributed by atoms with Gasteiger partial charge in [0, 0.05) is 0 Å². The van der Waals surface area contributed by atoms with Crippen LogP contribution in [0.1, 0.15) is 13.3 Å². The van der Waals surface area contributed by atoms with E-state index < -0.39 is 0 Å². The summed E-state index contributed by atoms with van der Waals surface area (Å²) in [6.45, 7) is 1.89. The van der Waals surface area contributed by atoms with Gasteiger partial charge in [0.25, 0.3) is 0 Å². The van der Waals surface area contributed by atoms with Crippen molar-refractivity contribution in [1.29, 1.82) is 0 Å². The fourth-order valence-corrected chi connectivity index (χ4v) is 0.743. The lowest BCUT2D eigenvalue weighted by molar-refractivity contribution is -0.117. The Balaban J connectivity index is 0. The van der Waals surface area contributed by atoms with Crippen LogP contribution < -0.4 is 5.73 Å². The van der Waals surface area contributed by atoms with Crippen molar-refractivity contribution < 1.29 is 4.79 Å². The van der Waals surface area contributed by atoms with Gasteiger partial charge in [0.1, 0.15) is 0 Å². The molecule has 0 aliphatic rings. The minimum atomic E-state index is -0.269. The molecule has 0 heterocycles. The van der Waals surface area contributed by atoms with Crippen LogP contribution in [0.25, 0.3) is 0 Å². The number of carbonyl (C=O) groups excluding carboxylic acids is 1. The van der Waals surface area contributed by atoms with Crippen LogP contribution in [0, 0.1) is 0 Å². The summed E-state index contributed by atoms with van der Waals surface area (Å²) in [5.41, 5.74) is 5.35. The monoisotopic (exact) mass is 259 g/mol. The highest BCUT2D eigenvalue weighted by Gasteiger charge is 2.07. The molecule has 0 rings (SSSR count). The van der Waals surface area contributed by atoms with Crippen molar-refractivity contribution in [3.05, 3.63) is 0 Å². The number of ketones is 1. The molecule has 0 aliphatic heterocycles. The zero-order valence-corrected chi connectivity index (χ0v) is 8.56. The lowest BCUT2D eigenvalue weighted by atomic mass is 10.2. The van der Waals surface area contributed by atoms with Crippen molar-refractivity contribution in [2.24, 2.45) is 5.73 Å². The molecule has 2 nitrogen and oxygen atoms in total. The Labute approximate surface area is 74.1 Å². The van der Waals surface area contributed by atoms with Crippen LogP contribution in [0.3, 0.4) is 0 Å². The second-order valence-corrected chi connectivity index (χ2v) is 2.18. The quantitative estimate of drug-likeness (QED) is 0.777. The first kappa shape index (κ1) is 12.3. The number of rotatable bonds is 3. The first-order valence-corrected chi connectivity index (χ1v) is 3.68. The Bertz CT molecular complexity index is 87.0. The van der Waals surface area contributed by atoms with E-state index in [1.165, 1.54) is 0 Å². The largest absolute Gasteiger partial charge is 0.321 e. The van der Waals surface area contributed by atoms with Gasteiger partial charge in [0.2, 0.25) is 0 Å². The molecule has 0 amide bonds. The predicted molar refractivity (Wildman–Crippen MR) is 47.4 cm³/mol. The average molecular weight is 261 g/mol. The van der Waals surface area contributed by atoms with Gasteiger partial charge in [-0.05, 0) is 6.42 Å². The van der Waals surface area contributed by atoms with Crippen LogP contribution >= 0.6 is 32.9 Å². The zero-order valence-electron chi connectivity index (χ0n) is 5.26. The maximum atomic E-state index is 10.6. The molecule has 0 aromatic heterocycles. The van der Waals surface area contributed by atoms with Crippen molar-refractivity contribution in [1.82, 2.24) is 0 Å². The molecule has 1 atom stereocenters. The number of alkyl halides is 1. The van der Waals surface area contributed by atoms with Crippen LogP contribution in [-0.4, -0.2) is 17.2 Å². The molecule has 0 saturated carbocycles. The molecule has 0 aromatic rings. The second-order valence-electron chi connectivity index (χ2n) is 1.61. The van der Waals surface area contributed by atoms with Gasteiger partial charge in [-0.15, -0.1) is 17.0 Å². The summed E-state index contributed by atoms with van der Waals surface area (Å²) < 4.78 is 0. The molecule has 0 unspecified atom stereocenters. The number of nitrogens with two attached hydrogens (primary N) is 1.